The van der Waals surface area contributed by atoms with Gasteiger partial charge in [-0.1, -0.05) is 11.4 Å². The lowest BCUT2D eigenvalue weighted by molar-refractivity contribution is -0.745. The lowest BCUT2D eigenvalue weighted by Crippen LogP contribution is -2.49. The Bertz CT molecular complexity index is 3190. The third-order valence-electron chi connectivity index (χ3n) is 11.0. The number of amides is 2. The number of phosphoric ester groups is 1. The van der Waals surface area contributed by atoms with Crippen LogP contribution in [0.5, 0.6) is 0 Å². The third-order valence-corrected chi connectivity index (χ3v) is 15.6. The molecule has 6 atom stereocenters. The zero-order valence-corrected chi connectivity index (χ0v) is 42.4. The van der Waals surface area contributed by atoms with Gasteiger partial charge in [-0.05, 0) is 38.0 Å². The molecule has 1 saturated heterocycles. The van der Waals surface area contributed by atoms with Gasteiger partial charge in [0.2, 0.25) is 17.7 Å². The molecule has 5 heterocycles. The normalized spacial score (nSPS) is 18.8. The van der Waals surface area contributed by atoms with Crippen molar-refractivity contribution in [3.8, 4) is 11.1 Å². The number of nitrogens with zero attached hydrogens (tertiary/aromatic N) is 5. The van der Waals surface area contributed by atoms with E-state index in [1.165, 1.54) is 17.9 Å². The smallest absolute Gasteiger partial charge is 0.437 e. The maximum atomic E-state index is 13.0. The molecule has 34 heteroatoms. The van der Waals surface area contributed by atoms with E-state index in [0.29, 0.717) is 54.6 Å². The molecule has 0 spiro atoms. The van der Waals surface area contributed by atoms with Gasteiger partial charge in [-0.2, -0.15) is 17.0 Å². The molecule has 6 rings (SSSR count). The zero-order valence-electron chi connectivity index (χ0n) is 38.9. The number of unbranched alkanes of at least 4 members (excludes halogenated alkanes) is 2. The second-order valence-corrected chi connectivity index (χ2v) is 22.4. The molecule has 0 radical (unpaired) electrons. The second-order valence-electron chi connectivity index (χ2n) is 16.4. The van der Waals surface area contributed by atoms with E-state index < -0.39 is 82.0 Å². The number of aromatic amines is 1. The van der Waals surface area contributed by atoms with Gasteiger partial charge in [0.05, 0.1) is 25.0 Å². The molecular weight excluding hydrogens is 1060 g/mol. The van der Waals surface area contributed by atoms with Gasteiger partial charge in [0.25, 0.3) is 21.6 Å². The van der Waals surface area contributed by atoms with E-state index in [1.54, 1.807) is 41.2 Å². The van der Waals surface area contributed by atoms with Crippen molar-refractivity contribution in [2.24, 2.45) is 7.05 Å². The molecule has 1 aromatic carbocycles. The zero-order chi connectivity index (χ0) is 53.5. The van der Waals surface area contributed by atoms with Crippen molar-refractivity contribution < 1.29 is 97.1 Å². The van der Waals surface area contributed by atoms with E-state index in [1.807, 2.05) is 19.1 Å². The Hall–Kier alpha value is -5.49. The summed E-state index contributed by atoms with van der Waals surface area (Å²) in [5.41, 5.74) is 6.58. The lowest BCUT2D eigenvalue weighted by Gasteiger charge is -2.23. The average molecular weight is 1110 g/mol. The predicted molar refractivity (Wildman–Crippen MR) is 252 cm³/mol. The molecule has 1 aliphatic heterocycles. The molecule has 4 aromatic heterocycles. The van der Waals surface area contributed by atoms with E-state index in [2.05, 4.69) is 38.6 Å². The number of benzene rings is 1. The molecule has 2 amide bonds. The number of aromatic nitrogens is 5. The number of pyridine rings is 1. The van der Waals surface area contributed by atoms with Crippen LogP contribution in [0.1, 0.15) is 45.3 Å². The third kappa shape index (κ3) is 16.0. The minimum Gasteiger partial charge on any atom is -0.437 e. The number of fused-ring (bicyclic) bond motifs is 2. The molecule has 0 aliphatic carbocycles. The fourth-order valence-corrected chi connectivity index (χ4v) is 11.2. The average Bonchev–Trinajstić information content (AvgIpc) is 3.77. The number of carbonyl (C=O) groups excluding carboxylic acids is 2. The molecule has 30 nitrogen and oxygen atoms in total. The molecule has 2 unspecified atom stereocenters. The SMILES string of the molecule is CCN(CCCCCC(=O)NCCNC(=O)O[C@@H]1[C@H](O)[C@@H](COP(=O)(O)OP(=O)(O)OP(=O)(O)O)O[C@H]1[n+]1cn(C)c2c(=O)[nH]c(N)nc21)c1ccc2cc(-c3cc[n+](CCCS(=O)(=O)O)cc3)c(=O)oc2c1. The minimum absolute atomic E-state index is 0.0373. The number of hydrogen-bond donors (Lipinski definition) is 10. The molecule has 11 N–H and O–H groups in total. The summed E-state index contributed by atoms with van der Waals surface area (Å²) in [6, 6.07) is 10.8. The van der Waals surface area contributed by atoms with Crippen molar-refractivity contribution >= 4 is 79.4 Å². The van der Waals surface area contributed by atoms with Crippen molar-refractivity contribution in [1.82, 2.24) is 25.2 Å². The number of nitrogens with one attached hydrogen (secondary N) is 3. The van der Waals surface area contributed by atoms with Crippen molar-refractivity contribution in [2.75, 3.05) is 49.2 Å². The number of alkyl carbamates (subject to hydrolysis) is 1. The summed E-state index contributed by atoms with van der Waals surface area (Å²) in [6.07, 6.45) is -0.940. The van der Waals surface area contributed by atoms with E-state index in [9.17, 15) is 56.2 Å². The number of H-pyrrole nitrogens is 1. The molecule has 1 fully saturated rings. The summed E-state index contributed by atoms with van der Waals surface area (Å²) in [4.78, 5) is 96.9. The lowest BCUT2D eigenvalue weighted by atomic mass is 10.1. The molecule has 1 aliphatic rings. The maximum absolute atomic E-state index is 13.0. The highest BCUT2D eigenvalue weighted by Crippen LogP contribution is 2.66. The number of ether oxygens (including phenoxy) is 2. The summed E-state index contributed by atoms with van der Waals surface area (Å²) in [6.45, 7) is 2.31. The van der Waals surface area contributed by atoms with Crippen LogP contribution in [0.15, 0.2) is 69.1 Å². The first-order chi connectivity index (χ1) is 34.2. The Labute approximate surface area is 413 Å². The van der Waals surface area contributed by atoms with Crippen LogP contribution >= 0.6 is 23.5 Å². The van der Waals surface area contributed by atoms with Crippen molar-refractivity contribution in [1.29, 1.82) is 0 Å². The highest BCUT2D eigenvalue weighted by molar-refractivity contribution is 7.85. The molecule has 0 saturated carbocycles. The van der Waals surface area contributed by atoms with Gasteiger partial charge in [-0.25, -0.2) is 32.4 Å². The van der Waals surface area contributed by atoms with Crippen molar-refractivity contribution in [3.05, 3.63) is 75.9 Å². The van der Waals surface area contributed by atoms with Crippen LogP contribution in [0, 0.1) is 0 Å². The summed E-state index contributed by atoms with van der Waals surface area (Å²) < 4.78 is 99.4. The first kappa shape index (κ1) is 56.8. The number of aliphatic hydroxyl groups excluding tert-OH is 1. The summed E-state index contributed by atoms with van der Waals surface area (Å²) >= 11 is 0. The topological polar surface area (TPSA) is 429 Å². The van der Waals surface area contributed by atoms with E-state index in [0.717, 1.165) is 16.7 Å². The first-order valence-electron chi connectivity index (χ1n) is 22.1. The molecular formula is C39H54N9O21P3S+2. The monoisotopic (exact) mass is 1110 g/mol. The minimum atomic E-state index is -5.89. The van der Waals surface area contributed by atoms with Crippen LogP contribution in [-0.4, -0.2) is 121 Å². The van der Waals surface area contributed by atoms with Crippen LogP contribution < -0.4 is 41.6 Å². The summed E-state index contributed by atoms with van der Waals surface area (Å²) in [7, 11) is -19.9. The van der Waals surface area contributed by atoms with E-state index in [-0.39, 0.29) is 54.7 Å². The second kappa shape index (κ2) is 23.8. The van der Waals surface area contributed by atoms with Gasteiger partial charge in [0, 0.05) is 73.9 Å². The Kier molecular flexibility index (Phi) is 18.5. The highest BCUT2D eigenvalue weighted by atomic mass is 32.2. The number of aryl methyl sites for hydroxylation is 2. The fourth-order valence-electron chi connectivity index (χ4n) is 7.70. The number of aliphatic hydroxyl groups is 1. The number of carbonyl (C=O) groups is 2. The number of nitrogens with two attached hydrogens (primary N) is 1. The van der Waals surface area contributed by atoms with Gasteiger partial charge >= 0.3 is 40.8 Å². The van der Waals surface area contributed by atoms with Gasteiger partial charge in [-0.15, -0.1) is 0 Å². The number of nitrogen functional groups attached to an aromatic ring is 1. The maximum Gasteiger partial charge on any atom is 0.490 e. The Morgan fingerprint density at radius 2 is 1.70 bits per heavy atom. The Morgan fingerprint density at radius 3 is 2.38 bits per heavy atom. The van der Waals surface area contributed by atoms with Crippen molar-refractivity contribution in [3.63, 3.8) is 0 Å². The number of anilines is 2. The number of imidazole rings is 1. The molecule has 400 valence electrons. The van der Waals surface area contributed by atoms with Crippen LogP contribution in [-0.2, 0) is 64.8 Å². The van der Waals surface area contributed by atoms with Gasteiger partial charge in [0.15, 0.2) is 24.8 Å². The number of phosphoric acid groups is 3. The number of hydrogen-bond acceptors (Lipinski definition) is 19. The number of rotatable bonds is 25. The molecule has 73 heavy (non-hydrogen) atoms. The van der Waals surface area contributed by atoms with E-state index in [4.69, 9.17) is 34.0 Å². The highest BCUT2D eigenvalue weighted by Gasteiger charge is 2.52. The largest absolute Gasteiger partial charge is 0.490 e. The predicted octanol–water partition coefficient (Wildman–Crippen LogP) is 0.370. The van der Waals surface area contributed by atoms with Crippen LogP contribution in [0.4, 0.5) is 16.4 Å². The summed E-state index contributed by atoms with van der Waals surface area (Å²) in [5.74, 6) is -0.993. The van der Waals surface area contributed by atoms with Crippen LogP contribution in [0.25, 0.3) is 33.3 Å². The quantitative estimate of drug-likeness (QED) is 0.0124. The molecule has 0 bridgehead atoms. The summed E-state index contributed by atoms with van der Waals surface area (Å²) in [5, 5.41) is 17.0. The van der Waals surface area contributed by atoms with Gasteiger partial charge < -0.3 is 59.8 Å². The van der Waals surface area contributed by atoms with Gasteiger partial charge in [0.1, 0.15) is 24.3 Å². The standard InChI is InChI=1S/C39H52N9O21P3S/c1-3-47(26-10-9-25-20-27(37(52)66-28(25)21-26)24-11-17-46(18-12-24)15-7-19-73(61,62)63)16-6-4-5-8-30(49)41-13-14-42-39(53)67-33-32(50)29(22-64-71(57,58)69-72(59,60)68-70(54,55)56)65-36(33)48-23-45(2)31-34(48)43-38(40)44-35(31)51/h9-12,17-18,20-21,23,29,32-33,36,50H,3-8,13-16,19,22H2,1-2H3,(H8-2,40,41,42,43,44,49,51,53,54,55,56,57,58,59,60,61,62,63)/p+2/t29-,32-,33-,36-/m1/s1. The van der Waals surface area contributed by atoms with E-state index >= 15 is 0 Å². The molecule has 5 aromatic rings. The van der Waals surface area contributed by atoms with Crippen LogP contribution in [0.3, 0.4) is 0 Å². The Balaban J connectivity index is 0.962. The fraction of sp³-hybridized carbons (Fsp3) is 0.462. The Morgan fingerprint density at radius 1 is 0.986 bits per heavy atom. The van der Waals surface area contributed by atoms with Crippen molar-refractivity contribution in [2.45, 2.75) is 70.1 Å². The van der Waals surface area contributed by atoms with Crippen LogP contribution in [0.2, 0.25) is 0 Å². The van der Waals surface area contributed by atoms with Gasteiger partial charge in [-0.3, -0.25) is 28.2 Å². The first-order valence-corrected chi connectivity index (χ1v) is 28.2.